The van der Waals surface area contributed by atoms with E-state index in [1.807, 2.05) is 6.07 Å². The Bertz CT molecular complexity index is 514. The van der Waals surface area contributed by atoms with Gasteiger partial charge >= 0.3 is 0 Å². The molecular formula is C14H20N2O. The maximum atomic E-state index is 9.39. The van der Waals surface area contributed by atoms with Gasteiger partial charge in [0.05, 0.1) is 11.0 Å². The second-order valence-electron chi connectivity index (χ2n) is 4.96. The molecular weight excluding hydrogens is 212 g/mol. The number of aryl methyl sites for hydroxylation is 2. The number of imidazole rings is 1. The Morgan fingerprint density at radius 2 is 2.12 bits per heavy atom. The molecule has 1 aromatic carbocycles. The number of rotatable bonds is 4. The second-order valence-corrected chi connectivity index (χ2v) is 4.96. The highest BCUT2D eigenvalue weighted by atomic mass is 16.3. The van der Waals surface area contributed by atoms with Crippen molar-refractivity contribution in [2.75, 3.05) is 0 Å². The maximum absolute atomic E-state index is 9.39. The summed E-state index contributed by atoms with van der Waals surface area (Å²) in [5.41, 5.74) is 3.32. The molecule has 0 atom stereocenters. The molecule has 1 heterocycles. The number of nitrogens with zero attached hydrogens (tertiary/aromatic N) is 2. The largest absolute Gasteiger partial charge is 0.388 e. The standard InChI is InChI=1S/C14H20N2O/c1-10(2)7-8-16-12-6-4-5-11(3)14(12)15-13(16)9-17/h4-6,10,17H,7-9H2,1-3H3. The summed E-state index contributed by atoms with van der Waals surface area (Å²) in [4.78, 5) is 4.52. The van der Waals surface area contributed by atoms with Gasteiger partial charge in [-0.3, -0.25) is 0 Å². The first-order valence-electron chi connectivity index (χ1n) is 6.19. The van der Waals surface area contributed by atoms with Gasteiger partial charge in [0, 0.05) is 6.54 Å². The summed E-state index contributed by atoms with van der Waals surface area (Å²) in [6.07, 6.45) is 1.10. The fraction of sp³-hybridized carbons (Fsp3) is 0.500. The van der Waals surface area contributed by atoms with Gasteiger partial charge in [-0.1, -0.05) is 26.0 Å². The number of hydrogen-bond donors (Lipinski definition) is 1. The third-order valence-corrected chi connectivity index (χ3v) is 3.13. The number of aromatic nitrogens is 2. The van der Waals surface area contributed by atoms with Crippen molar-refractivity contribution in [3.8, 4) is 0 Å². The Kier molecular flexibility index (Phi) is 3.48. The first-order valence-corrected chi connectivity index (χ1v) is 6.19. The van der Waals surface area contributed by atoms with Gasteiger partial charge in [-0.2, -0.15) is 0 Å². The molecule has 3 nitrogen and oxygen atoms in total. The molecule has 17 heavy (non-hydrogen) atoms. The van der Waals surface area contributed by atoms with E-state index in [4.69, 9.17) is 0 Å². The van der Waals surface area contributed by atoms with Crippen molar-refractivity contribution >= 4 is 11.0 Å². The van der Waals surface area contributed by atoms with Gasteiger partial charge in [0.1, 0.15) is 12.4 Å². The maximum Gasteiger partial charge on any atom is 0.135 e. The zero-order chi connectivity index (χ0) is 12.4. The molecule has 0 aliphatic heterocycles. The van der Waals surface area contributed by atoms with E-state index in [-0.39, 0.29) is 6.61 Å². The van der Waals surface area contributed by atoms with E-state index >= 15 is 0 Å². The van der Waals surface area contributed by atoms with Crippen molar-refractivity contribution in [3.63, 3.8) is 0 Å². The molecule has 0 saturated heterocycles. The quantitative estimate of drug-likeness (QED) is 0.880. The van der Waals surface area contributed by atoms with Crippen LogP contribution in [0.2, 0.25) is 0 Å². The average molecular weight is 232 g/mol. The van der Waals surface area contributed by atoms with Crippen molar-refractivity contribution in [3.05, 3.63) is 29.6 Å². The van der Waals surface area contributed by atoms with Crippen LogP contribution in [0.15, 0.2) is 18.2 Å². The second kappa shape index (κ2) is 4.88. The molecule has 1 aromatic heterocycles. The van der Waals surface area contributed by atoms with E-state index in [1.165, 1.54) is 5.56 Å². The Balaban J connectivity index is 2.47. The number of aliphatic hydroxyl groups excluding tert-OH is 1. The van der Waals surface area contributed by atoms with Gasteiger partial charge in [-0.05, 0) is 30.9 Å². The molecule has 1 N–H and O–H groups in total. The third kappa shape index (κ3) is 2.34. The van der Waals surface area contributed by atoms with E-state index in [0.29, 0.717) is 5.92 Å². The Hall–Kier alpha value is -1.35. The van der Waals surface area contributed by atoms with Crippen molar-refractivity contribution in [2.45, 2.75) is 40.3 Å². The van der Waals surface area contributed by atoms with Gasteiger partial charge in [-0.15, -0.1) is 0 Å². The summed E-state index contributed by atoms with van der Waals surface area (Å²) in [5, 5.41) is 9.39. The lowest BCUT2D eigenvalue weighted by Gasteiger charge is -2.09. The van der Waals surface area contributed by atoms with Crippen molar-refractivity contribution in [1.29, 1.82) is 0 Å². The minimum atomic E-state index is 0.00617. The highest BCUT2D eigenvalue weighted by Gasteiger charge is 2.11. The molecule has 0 radical (unpaired) electrons. The first kappa shape index (κ1) is 12.1. The van der Waals surface area contributed by atoms with Crippen LogP contribution in [-0.2, 0) is 13.2 Å². The SMILES string of the molecule is Cc1cccc2c1nc(CO)n2CCC(C)C. The Morgan fingerprint density at radius 3 is 2.76 bits per heavy atom. The monoisotopic (exact) mass is 232 g/mol. The fourth-order valence-electron chi connectivity index (χ4n) is 2.09. The zero-order valence-electron chi connectivity index (χ0n) is 10.8. The molecule has 0 bridgehead atoms. The molecule has 0 spiro atoms. The Labute approximate surface area is 102 Å². The van der Waals surface area contributed by atoms with E-state index in [0.717, 1.165) is 29.8 Å². The van der Waals surface area contributed by atoms with Crippen LogP contribution in [-0.4, -0.2) is 14.7 Å². The molecule has 0 aliphatic carbocycles. The third-order valence-electron chi connectivity index (χ3n) is 3.13. The molecule has 92 valence electrons. The molecule has 2 rings (SSSR count). The first-order chi connectivity index (χ1) is 8.13. The van der Waals surface area contributed by atoms with Crippen LogP contribution in [0, 0.1) is 12.8 Å². The molecule has 0 saturated carbocycles. The van der Waals surface area contributed by atoms with Crippen LogP contribution in [0.25, 0.3) is 11.0 Å². The normalized spacial score (nSPS) is 11.6. The summed E-state index contributed by atoms with van der Waals surface area (Å²) in [5.74, 6) is 1.43. The predicted octanol–water partition coefficient (Wildman–Crippen LogP) is 2.88. The number of hydrogen-bond acceptors (Lipinski definition) is 2. The van der Waals surface area contributed by atoms with Crippen LogP contribution >= 0.6 is 0 Å². The van der Waals surface area contributed by atoms with Crippen molar-refractivity contribution < 1.29 is 5.11 Å². The number of benzene rings is 1. The van der Waals surface area contributed by atoms with E-state index in [9.17, 15) is 5.11 Å². The summed E-state index contributed by atoms with van der Waals surface area (Å²) in [7, 11) is 0. The molecule has 3 heteroatoms. The topological polar surface area (TPSA) is 38.1 Å². The number of aliphatic hydroxyl groups is 1. The van der Waals surface area contributed by atoms with Gasteiger partial charge in [0.15, 0.2) is 0 Å². The van der Waals surface area contributed by atoms with Crippen molar-refractivity contribution in [1.82, 2.24) is 9.55 Å². The minimum Gasteiger partial charge on any atom is -0.388 e. The fourth-order valence-corrected chi connectivity index (χ4v) is 2.09. The summed E-state index contributed by atoms with van der Waals surface area (Å²) >= 11 is 0. The molecule has 0 fully saturated rings. The summed E-state index contributed by atoms with van der Waals surface area (Å²) in [6.45, 7) is 7.41. The highest BCUT2D eigenvalue weighted by molar-refractivity contribution is 5.79. The average Bonchev–Trinajstić information content (AvgIpc) is 2.66. The van der Waals surface area contributed by atoms with E-state index in [2.05, 4.69) is 42.5 Å². The molecule has 0 amide bonds. The zero-order valence-corrected chi connectivity index (χ0v) is 10.8. The Morgan fingerprint density at radius 1 is 1.35 bits per heavy atom. The minimum absolute atomic E-state index is 0.00617. The lowest BCUT2D eigenvalue weighted by molar-refractivity contribution is 0.264. The number of para-hydroxylation sites is 1. The van der Waals surface area contributed by atoms with Gasteiger partial charge in [0.2, 0.25) is 0 Å². The predicted molar refractivity (Wildman–Crippen MR) is 69.8 cm³/mol. The highest BCUT2D eigenvalue weighted by Crippen LogP contribution is 2.20. The van der Waals surface area contributed by atoms with Crippen LogP contribution < -0.4 is 0 Å². The lowest BCUT2D eigenvalue weighted by Crippen LogP contribution is -2.06. The number of fused-ring (bicyclic) bond motifs is 1. The van der Waals surface area contributed by atoms with Crippen LogP contribution in [0.1, 0.15) is 31.7 Å². The summed E-state index contributed by atoms with van der Waals surface area (Å²) in [6, 6.07) is 6.18. The van der Waals surface area contributed by atoms with Crippen LogP contribution in [0.3, 0.4) is 0 Å². The van der Waals surface area contributed by atoms with Gasteiger partial charge in [0.25, 0.3) is 0 Å². The van der Waals surface area contributed by atoms with Crippen molar-refractivity contribution in [2.24, 2.45) is 5.92 Å². The van der Waals surface area contributed by atoms with Crippen LogP contribution in [0.5, 0.6) is 0 Å². The van der Waals surface area contributed by atoms with E-state index in [1.54, 1.807) is 0 Å². The van der Waals surface area contributed by atoms with Gasteiger partial charge in [-0.25, -0.2) is 4.98 Å². The lowest BCUT2D eigenvalue weighted by atomic mass is 10.1. The molecule has 0 aliphatic rings. The summed E-state index contributed by atoms with van der Waals surface area (Å²) < 4.78 is 2.14. The van der Waals surface area contributed by atoms with Gasteiger partial charge < -0.3 is 9.67 Å². The smallest absolute Gasteiger partial charge is 0.135 e. The molecule has 2 aromatic rings. The van der Waals surface area contributed by atoms with Crippen LogP contribution in [0.4, 0.5) is 0 Å². The molecule has 0 unspecified atom stereocenters. The van der Waals surface area contributed by atoms with E-state index < -0.39 is 0 Å².